The average molecular weight is 218 g/mol. The molecule has 1 aliphatic rings. The van der Waals surface area contributed by atoms with Gasteiger partial charge in [0, 0.05) is 24.1 Å². The van der Waals surface area contributed by atoms with Crippen LogP contribution in [0.25, 0.3) is 0 Å². The monoisotopic (exact) mass is 218 g/mol. The molecule has 0 spiro atoms. The molecule has 1 N–H and O–H groups in total. The maximum atomic E-state index is 13.0. The minimum absolute atomic E-state index is 0.177. The van der Waals surface area contributed by atoms with Crippen LogP contribution in [0.2, 0.25) is 0 Å². The lowest BCUT2D eigenvalue weighted by Crippen LogP contribution is -2.14. The largest absolute Gasteiger partial charge is 0.384 e. The van der Waals surface area contributed by atoms with E-state index in [1.54, 1.807) is 19.1 Å². The molecule has 1 fully saturated rings. The summed E-state index contributed by atoms with van der Waals surface area (Å²) in [7, 11) is 0. The van der Waals surface area contributed by atoms with Crippen molar-refractivity contribution in [2.45, 2.75) is 26.2 Å². The van der Waals surface area contributed by atoms with Gasteiger partial charge in [-0.25, -0.2) is 4.39 Å². The zero-order valence-electron chi connectivity index (χ0n) is 9.39. The quantitative estimate of drug-likeness (QED) is 0.842. The lowest BCUT2D eigenvalue weighted by Gasteiger charge is -2.13. The molecule has 0 aliphatic heterocycles. The number of halogens is 1. The zero-order chi connectivity index (χ0) is 11.6. The lowest BCUT2D eigenvalue weighted by molar-refractivity contribution is 0.557. The molecule has 0 atom stereocenters. The predicted octanol–water partition coefficient (Wildman–Crippen LogP) is 3.24. The van der Waals surface area contributed by atoms with Crippen LogP contribution >= 0.6 is 0 Å². The Hall–Kier alpha value is -1.56. The molecule has 1 aromatic rings. The second-order valence-electron chi connectivity index (χ2n) is 4.65. The molecule has 0 amide bonds. The van der Waals surface area contributed by atoms with E-state index in [0.717, 1.165) is 25.1 Å². The number of nitrogens with one attached hydrogen (secondary N) is 1. The smallest absolute Gasteiger partial charge is 0.126 e. The van der Waals surface area contributed by atoms with Gasteiger partial charge in [0.15, 0.2) is 0 Å². The number of aryl methyl sites for hydroxylation is 1. The van der Waals surface area contributed by atoms with Gasteiger partial charge in [-0.1, -0.05) is 0 Å². The van der Waals surface area contributed by atoms with Crippen LogP contribution in [0.5, 0.6) is 0 Å². The summed E-state index contributed by atoms with van der Waals surface area (Å²) in [5.74, 6) is -0.177. The first-order valence-corrected chi connectivity index (χ1v) is 5.52. The van der Waals surface area contributed by atoms with Gasteiger partial charge in [-0.2, -0.15) is 5.26 Å². The first kappa shape index (κ1) is 10.9. The van der Waals surface area contributed by atoms with Crippen molar-refractivity contribution < 1.29 is 4.39 Å². The fourth-order valence-electron chi connectivity index (χ4n) is 1.80. The first-order chi connectivity index (χ1) is 7.65. The van der Waals surface area contributed by atoms with Gasteiger partial charge >= 0.3 is 0 Å². The molecule has 0 bridgehead atoms. The predicted molar refractivity (Wildman–Crippen MR) is 61.5 cm³/mol. The van der Waals surface area contributed by atoms with E-state index in [2.05, 4.69) is 11.4 Å². The van der Waals surface area contributed by atoms with Crippen LogP contribution in [0.1, 0.15) is 24.8 Å². The third-order valence-corrected chi connectivity index (χ3v) is 3.24. The second-order valence-corrected chi connectivity index (χ2v) is 4.65. The molecule has 0 radical (unpaired) electrons. The Kier molecular flexibility index (Phi) is 2.82. The van der Waals surface area contributed by atoms with Crippen LogP contribution < -0.4 is 5.32 Å². The van der Waals surface area contributed by atoms with Crippen LogP contribution in [0, 0.1) is 29.5 Å². The van der Waals surface area contributed by atoms with Gasteiger partial charge in [-0.3, -0.25) is 0 Å². The summed E-state index contributed by atoms with van der Waals surface area (Å²) in [6.45, 7) is 2.56. The first-order valence-electron chi connectivity index (χ1n) is 5.52. The summed E-state index contributed by atoms with van der Waals surface area (Å²) in [4.78, 5) is 0. The Bertz CT molecular complexity index is 430. The van der Waals surface area contributed by atoms with E-state index >= 15 is 0 Å². The molecule has 2 rings (SSSR count). The van der Waals surface area contributed by atoms with Crippen molar-refractivity contribution >= 4 is 5.69 Å². The molecule has 0 saturated heterocycles. The van der Waals surface area contributed by atoms with Gasteiger partial charge in [-0.05, 0) is 43.5 Å². The number of benzene rings is 1. The van der Waals surface area contributed by atoms with Gasteiger partial charge in [0.2, 0.25) is 0 Å². The molecule has 0 unspecified atom stereocenters. The molecule has 0 heterocycles. The summed E-state index contributed by atoms with van der Waals surface area (Å²) in [5.41, 5.74) is 1.76. The lowest BCUT2D eigenvalue weighted by atomic mass is 10.0. The van der Waals surface area contributed by atoms with Crippen molar-refractivity contribution in [2.24, 2.45) is 5.41 Å². The van der Waals surface area contributed by atoms with Crippen molar-refractivity contribution in [2.75, 3.05) is 11.9 Å². The van der Waals surface area contributed by atoms with Gasteiger partial charge in [0.1, 0.15) is 5.82 Å². The van der Waals surface area contributed by atoms with Crippen molar-refractivity contribution in [3.05, 3.63) is 29.6 Å². The number of anilines is 1. The standard InChI is InChI=1S/C13H15FN2/c1-10-8-11(2-3-12(10)14)16-9-13(4-5-13)6-7-15/h2-3,8,16H,4-6,9H2,1H3. The second kappa shape index (κ2) is 4.13. The van der Waals surface area contributed by atoms with Crippen LogP contribution in [-0.4, -0.2) is 6.54 Å². The number of nitriles is 1. The Balaban J connectivity index is 1.95. The molecular weight excluding hydrogens is 203 g/mol. The van der Waals surface area contributed by atoms with E-state index in [1.165, 1.54) is 6.07 Å². The minimum Gasteiger partial charge on any atom is -0.384 e. The van der Waals surface area contributed by atoms with Gasteiger partial charge < -0.3 is 5.32 Å². The van der Waals surface area contributed by atoms with Gasteiger partial charge in [0.25, 0.3) is 0 Å². The summed E-state index contributed by atoms with van der Waals surface area (Å²) in [6, 6.07) is 7.25. The highest BCUT2D eigenvalue weighted by atomic mass is 19.1. The van der Waals surface area contributed by atoms with Crippen molar-refractivity contribution in [3.63, 3.8) is 0 Å². The Morgan fingerprint density at radius 2 is 2.25 bits per heavy atom. The number of rotatable bonds is 4. The third-order valence-electron chi connectivity index (χ3n) is 3.24. The fourth-order valence-corrected chi connectivity index (χ4v) is 1.80. The molecular formula is C13H15FN2. The van der Waals surface area contributed by atoms with E-state index in [4.69, 9.17) is 5.26 Å². The molecule has 1 aromatic carbocycles. The van der Waals surface area contributed by atoms with E-state index < -0.39 is 0 Å². The Labute approximate surface area is 95.1 Å². The third kappa shape index (κ3) is 2.33. The number of nitrogens with zero attached hydrogens (tertiary/aromatic N) is 1. The molecule has 84 valence electrons. The summed E-state index contributed by atoms with van der Waals surface area (Å²) in [5, 5.41) is 12.0. The molecule has 1 aliphatic carbocycles. The molecule has 0 aromatic heterocycles. The van der Waals surface area contributed by atoms with Crippen LogP contribution in [0.15, 0.2) is 18.2 Å². The zero-order valence-corrected chi connectivity index (χ0v) is 9.39. The summed E-state index contributed by atoms with van der Waals surface area (Å²) < 4.78 is 13.0. The molecule has 2 nitrogen and oxygen atoms in total. The van der Waals surface area contributed by atoms with Crippen LogP contribution in [-0.2, 0) is 0 Å². The van der Waals surface area contributed by atoms with Crippen molar-refractivity contribution in [1.82, 2.24) is 0 Å². The van der Waals surface area contributed by atoms with Crippen molar-refractivity contribution in [3.8, 4) is 6.07 Å². The SMILES string of the molecule is Cc1cc(NCC2(CC#N)CC2)ccc1F. The molecule has 3 heteroatoms. The molecule has 1 saturated carbocycles. The van der Waals surface area contributed by atoms with Crippen molar-refractivity contribution in [1.29, 1.82) is 5.26 Å². The Morgan fingerprint density at radius 3 is 2.81 bits per heavy atom. The van der Waals surface area contributed by atoms with Gasteiger partial charge in [-0.15, -0.1) is 0 Å². The fraction of sp³-hybridized carbons (Fsp3) is 0.462. The minimum atomic E-state index is -0.177. The number of hydrogen-bond donors (Lipinski definition) is 1. The topological polar surface area (TPSA) is 35.8 Å². The highest BCUT2D eigenvalue weighted by Gasteiger charge is 2.42. The van der Waals surface area contributed by atoms with E-state index in [0.29, 0.717) is 12.0 Å². The van der Waals surface area contributed by atoms with Crippen LogP contribution in [0.4, 0.5) is 10.1 Å². The molecule has 16 heavy (non-hydrogen) atoms. The number of hydrogen-bond acceptors (Lipinski definition) is 2. The highest BCUT2D eigenvalue weighted by Crippen LogP contribution is 2.48. The highest BCUT2D eigenvalue weighted by molar-refractivity contribution is 5.46. The van der Waals surface area contributed by atoms with E-state index in [-0.39, 0.29) is 11.2 Å². The maximum Gasteiger partial charge on any atom is 0.126 e. The Morgan fingerprint density at radius 1 is 1.50 bits per heavy atom. The average Bonchev–Trinajstić information content (AvgIpc) is 3.01. The normalized spacial score (nSPS) is 16.6. The summed E-state index contributed by atoms with van der Waals surface area (Å²) >= 11 is 0. The van der Waals surface area contributed by atoms with E-state index in [1.807, 2.05) is 0 Å². The van der Waals surface area contributed by atoms with Gasteiger partial charge in [0.05, 0.1) is 6.07 Å². The van der Waals surface area contributed by atoms with Crippen LogP contribution in [0.3, 0.4) is 0 Å². The van der Waals surface area contributed by atoms with E-state index in [9.17, 15) is 4.39 Å². The maximum absolute atomic E-state index is 13.0. The summed E-state index contributed by atoms with van der Waals surface area (Å²) in [6.07, 6.45) is 2.85.